The largest absolute Gasteiger partial charge is 0.356 e. The molecule has 5 heteroatoms. The molecule has 4 nitrogen and oxygen atoms in total. The number of benzene rings is 1. The van der Waals surface area contributed by atoms with Crippen molar-refractivity contribution in [2.24, 2.45) is 11.8 Å². The van der Waals surface area contributed by atoms with Crippen LogP contribution in [0.25, 0.3) is 0 Å². The molecule has 0 unspecified atom stereocenters. The second-order valence-corrected chi connectivity index (χ2v) is 6.55. The number of nitrogens with one attached hydrogen (secondary N) is 1. The van der Waals surface area contributed by atoms with E-state index < -0.39 is 0 Å². The summed E-state index contributed by atoms with van der Waals surface area (Å²) in [4.78, 5) is 26.2. The first kappa shape index (κ1) is 17.4. The molecule has 23 heavy (non-hydrogen) atoms. The van der Waals surface area contributed by atoms with Crippen molar-refractivity contribution in [2.45, 2.75) is 33.1 Å². The van der Waals surface area contributed by atoms with Crippen LogP contribution in [-0.4, -0.2) is 36.3 Å². The van der Waals surface area contributed by atoms with Crippen LogP contribution in [0.1, 0.15) is 43.5 Å². The lowest BCUT2D eigenvalue weighted by Gasteiger charge is -2.31. The first-order valence-electron chi connectivity index (χ1n) is 8.30. The van der Waals surface area contributed by atoms with Crippen molar-refractivity contribution in [1.29, 1.82) is 0 Å². The van der Waals surface area contributed by atoms with Gasteiger partial charge in [-0.2, -0.15) is 0 Å². The van der Waals surface area contributed by atoms with Crippen LogP contribution in [0.15, 0.2) is 24.3 Å². The smallest absolute Gasteiger partial charge is 0.253 e. The molecule has 1 aromatic carbocycles. The van der Waals surface area contributed by atoms with Gasteiger partial charge in [0.25, 0.3) is 5.91 Å². The lowest BCUT2D eigenvalue weighted by Crippen LogP contribution is -2.43. The Morgan fingerprint density at radius 3 is 2.39 bits per heavy atom. The highest BCUT2D eigenvalue weighted by atomic mass is 19.1. The van der Waals surface area contributed by atoms with Crippen molar-refractivity contribution in [3.8, 4) is 0 Å². The van der Waals surface area contributed by atoms with Crippen LogP contribution < -0.4 is 5.32 Å². The zero-order chi connectivity index (χ0) is 16.8. The summed E-state index contributed by atoms with van der Waals surface area (Å²) < 4.78 is 12.9. The van der Waals surface area contributed by atoms with Crippen molar-refractivity contribution in [1.82, 2.24) is 10.2 Å². The molecule has 0 bridgehead atoms. The second kappa shape index (κ2) is 8.09. The monoisotopic (exact) mass is 320 g/mol. The number of carbonyl (C=O) groups excluding carboxylic acids is 2. The Kier molecular flexibility index (Phi) is 6.13. The Balaban J connectivity index is 1.80. The highest BCUT2D eigenvalue weighted by molar-refractivity contribution is 5.94. The number of piperidine rings is 1. The summed E-state index contributed by atoms with van der Waals surface area (Å²) in [6.07, 6.45) is 2.34. The number of rotatable bonds is 5. The molecule has 126 valence electrons. The quantitative estimate of drug-likeness (QED) is 0.907. The molecule has 0 atom stereocenters. The summed E-state index contributed by atoms with van der Waals surface area (Å²) in [5.74, 6) is 0.214. The number of hydrogen-bond acceptors (Lipinski definition) is 2. The van der Waals surface area contributed by atoms with E-state index in [1.165, 1.54) is 24.3 Å². The minimum Gasteiger partial charge on any atom is -0.356 e. The van der Waals surface area contributed by atoms with Gasteiger partial charge in [0, 0.05) is 31.1 Å². The SMILES string of the molecule is CC(C)CCNC(=O)C1CCN(C(=O)c2ccc(F)cc2)CC1. The third-order valence-electron chi connectivity index (χ3n) is 4.27. The Bertz CT molecular complexity index is 534. The summed E-state index contributed by atoms with van der Waals surface area (Å²) in [6.45, 7) is 6.11. The van der Waals surface area contributed by atoms with Crippen LogP contribution in [0, 0.1) is 17.7 Å². The zero-order valence-electron chi connectivity index (χ0n) is 13.8. The molecule has 0 saturated carbocycles. The van der Waals surface area contributed by atoms with Crippen molar-refractivity contribution in [3.63, 3.8) is 0 Å². The second-order valence-electron chi connectivity index (χ2n) is 6.55. The van der Waals surface area contributed by atoms with Crippen molar-refractivity contribution < 1.29 is 14.0 Å². The molecule has 1 aliphatic rings. The lowest BCUT2D eigenvalue weighted by molar-refractivity contribution is -0.126. The van der Waals surface area contributed by atoms with Gasteiger partial charge in [0.1, 0.15) is 5.82 Å². The van der Waals surface area contributed by atoms with Gasteiger partial charge in [-0.3, -0.25) is 9.59 Å². The molecular weight excluding hydrogens is 295 g/mol. The lowest BCUT2D eigenvalue weighted by atomic mass is 9.95. The number of nitrogens with zero attached hydrogens (tertiary/aromatic N) is 1. The van der Waals surface area contributed by atoms with E-state index in [0.717, 1.165) is 6.42 Å². The Labute approximate surface area is 137 Å². The topological polar surface area (TPSA) is 49.4 Å². The molecule has 2 rings (SSSR count). The highest BCUT2D eigenvalue weighted by Crippen LogP contribution is 2.19. The van der Waals surface area contributed by atoms with Gasteiger partial charge in [-0.25, -0.2) is 4.39 Å². The van der Waals surface area contributed by atoms with Crippen LogP contribution >= 0.6 is 0 Å². The number of hydrogen-bond donors (Lipinski definition) is 1. The molecule has 0 aromatic heterocycles. The molecule has 1 heterocycles. The zero-order valence-corrected chi connectivity index (χ0v) is 13.8. The third kappa shape index (κ3) is 5.05. The summed E-state index contributed by atoms with van der Waals surface area (Å²) in [6, 6.07) is 5.59. The first-order valence-corrected chi connectivity index (χ1v) is 8.30. The van der Waals surface area contributed by atoms with E-state index >= 15 is 0 Å². The number of likely N-dealkylation sites (tertiary alicyclic amines) is 1. The predicted molar refractivity (Wildman–Crippen MR) is 87.5 cm³/mol. The van der Waals surface area contributed by atoms with Gasteiger partial charge >= 0.3 is 0 Å². The van der Waals surface area contributed by atoms with Crippen LogP contribution in [0.5, 0.6) is 0 Å². The van der Waals surface area contributed by atoms with Gasteiger partial charge in [0.15, 0.2) is 0 Å². The summed E-state index contributed by atoms with van der Waals surface area (Å²) in [5, 5.41) is 2.98. The Morgan fingerprint density at radius 2 is 1.83 bits per heavy atom. The number of carbonyl (C=O) groups is 2. The summed E-state index contributed by atoms with van der Waals surface area (Å²) in [5.41, 5.74) is 0.492. The highest BCUT2D eigenvalue weighted by Gasteiger charge is 2.27. The number of amides is 2. The molecular formula is C18H25FN2O2. The van der Waals surface area contributed by atoms with E-state index in [1.54, 1.807) is 4.90 Å². The van der Waals surface area contributed by atoms with Gasteiger partial charge in [-0.1, -0.05) is 13.8 Å². The predicted octanol–water partition coefficient (Wildman–Crippen LogP) is 2.84. The molecule has 1 aromatic rings. The van der Waals surface area contributed by atoms with Crippen molar-refractivity contribution >= 4 is 11.8 Å². The maximum absolute atomic E-state index is 12.9. The minimum atomic E-state index is -0.349. The maximum atomic E-state index is 12.9. The van der Waals surface area contributed by atoms with Crippen molar-refractivity contribution in [2.75, 3.05) is 19.6 Å². The Hall–Kier alpha value is -1.91. The van der Waals surface area contributed by atoms with E-state index in [4.69, 9.17) is 0 Å². The molecule has 0 spiro atoms. The normalized spacial score (nSPS) is 15.7. The first-order chi connectivity index (χ1) is 11.0. The van der Waals surface area contributed by atoms with E-state index in [9.17, 15) is 14.0 Å². The van der Waals surface area contributed by atoms with Crippen LogP contribution in [-0.2, 0) is 4.79 Å². The maximum Gasteiger partial charge on any atom is 0.253 e. The fourth-order valence-corrected chi connectivity index (χ4v) is 2.75. The third-order valence-corrected chi connectivity index (χ3v) is 4.27. The molecule has 2 amide bonds. The van der Waals surface area contributed by atoms with Gasteiger partial charge in [-0.15, -0.1) is 0 Å². The van der Waals surface area contributed by atoms with E-state index in [2.05, 4.69) is 19.2 Å². The molecule has 1 N–H and O–H groups in total. The molecule has 1 aliphatic heterocycles. The van der Waals surface area contributed by atoms with E-state index in [-0.39, 0.29) is 23.5 Å². The van der Waals surface area contributed by atoms with Gasteiger partial charge in [0.05, 0.1) is 0 Å². The van der Waals surface area contributed by atoms with Gasteiger partial charge < -0.3 is 10.2 Å². The molecule has 1 saturated heterocycles. The van der Waals surface area contributed by atoms with E-state index in [1.807, 2.05) is 0 Å². The minimum absolute atomic E-state index is 0.0144. The average molecular weight is 320 g/mol. The fourth-order valence-electron chi connectivity index (χ4n) is 2.75. The Morgan fingerprint density at radius 1 is 1.22 bits per heavy atom. The van der Waals surface area contributed by atoms with Gasteiger partial charge in [0.2, 0.25) is 5.91 Å². The summed E-state index contributed by atoms with van der Waals surface area (Å²) in [7, 11) is 0. The average Bonchev–Trinajstić information content (AvgIpc) is 2.54. The van der Waals surface area contributed by atoms with Crippen LogP contribution in [0.2, 0.25) is 0 Å². The number of halogens is 1. The molecule has 1 fully saturated rings. The van der Waals surface area contributed by atoms with Crippen molar-refractivity contribution in [3.05, 3.63) is 35.6 Å². The van der Waals surface area contributed by atoms with Crippen LogP contribution in [0.4, 0.5) is 4.39 Å². The van der Waals surface area contributed by atoms with Gasteiger partial charge in [-0.05, 0) is 49.4 Å². The standard InChI is InChI=1S/C18H25FN2O2/c1-13(2)7-10-20-17(22)14-8-11-21(12-9-14)18(23)15-3-5-16(19)6-4-15/h3-6,13-14H,7-12H2,1-2H3,(H,20,22). The molecule has 0 radical (unpaired) electrons. The van der Waals surface area contributed by atoms with Crippen LogP contribution in [0.3, 0.4) is 0 Å². The molecule has 0 aliphatic carbocycles. The fraction of sp³-hybridized carbons (Fsp3) is 0.556. The van der Waals surface area contributed by atoms with E-state index in [0.29, 0.717) is 44.0 Å². The summed E-state index contributed by atoms with van der Waals surface area (Å²) >= 11 is 0.